The zero-order valence-corrected chi connectivity index (χ0v) is 30.0. The third kappa shape index (κ3) is 4.54. The molecule has 2 nitrogen and oxygen atoms in total. The van der Waals surface area contributed by atoms with Crippen LogP contribution >= 0.6 is 7.49 Å². The fraction of sp³-hybridized carbons (Fsp3) is 0.106. The molecule has 2 aliphatic heterocycles. The minimum atomic E-state index is -3.42. The van der Waals surface area contributed by atoms with Gasteiger partial charge in [-0.05, 0) is 0 Å². The Hall–Kier alpha value is -5.39. The Bertz CT molecular complexity index is 2420. The van der Waals surface area contributed by atoms with Crippen LogP contribution in [0.3, 0.4) is 0 Å². The SMILES string of the molecule is CC1=CC=CC#CC1B(c1cccc2c1Oc1ccccc1C21c2ccccc2[PH](O)(c2ccccc2)c2ccccc21)c1c(C)cccc1C. The Labute approximate surface area is 301 Å². The Morgan fingerprint density at radius 2 is 1.24 bits per heavy atom. The standard InChI is InChI=1S/C47H38BO2P/c1-32-18-6-4-9-27-40(32)48(45-33(2)19-16-20-34(45)3)41-28-17-26-39-46(41)50-42-29-13-10-23-36(42)47(39)37-24-11-14-30-43(37)51(49,35-21-7-5-8-22-35)44-31-15-12-25-38(44)47/h4-8,10-26,28-31,40,49,51H,1-3H3. The van der Waals surface area contributed by atoms with Crippen LogP contribution in [-0.2, 0) is 5.41 Å². The molecule has 1 N–H and O–H groups in total. The summed E-state index contributed by atoms with van der Waals surface area (Å²) >= 11 is 0. The molecule has 51 heavy (non-hydrogen) atoms. The van der Waals surface area contributed by atoms with Gasteiger partial charge in [-0.25, -0.2) is 0 Å². The van der Waals surface area contributed by atoms with Crippen LogP contribution in [0.4, 0.5) is 0 Å². The number of hydrogen-bond donors (Lipinski definition) is 1. The molecule has 246 valence electrons. The van der Waals surface area contributed by atoms with Crippen LogP contribution in [0.1, 0.15) is 40.3 Å². The van der Waals surface area contributed by atoms with E-state index >= 15 is 0 Å². The topological polar surface area (TPSA) is 29.5 Å². The van der Waals surface area contributed by atoms with Gasteiger partial charge in [-0.2, -0.15) is 0 Å². The van der Waals surface area contributed by atoms with Crippen molar-refractivity contribution >= 4 is 41.0 Å². The molecule has 1 atom stereocenters. The molecular formula is C47H38BO2P. The van der Waals surface area contributed by atoms with Crippen LogP contribution < -0.4 is 31.6 Å². The molecule has 4 heteroatoms. The molecular weight excluding hydrogens is 638 g/mol. The summed E-state index contributed by atoms with van der Waals surface area (Å²) in [5.74, 6) is 8.63. The number of allylic oxidation sites excluding steroid dienone is 4. The van der Waals surface area contributed by atoms with Crippen LogP contribution in [0.2, 0.25) is 5.82 Å². The first kappa shape index (κ1) is 31.6. The second-order valence-corrected chi connectivity index (χ2v) is 17.1. The number of aryl methyl sites for hydroxylation is 2. The molecule has 1 unspecified atom stereocenters. The van der Waals surface area contributed by atoms with E-state index in [0.717, 1.165) is 55.1 Å². The molecule has 2 heterocycles. The van der Waals surface area contributed by atoms with Gasteiger partial charge in [0.2, 0.25) is 0 Å². The predicted octanol–water partition coefficient (Wildman–Crippen LogP) is 7.54. The van der Waals surface area contributed by atoms with Gasteiger partial charge in [-0.3, -0.25) is 0 Å². The molecule has 9 rings (SSSR count). The summed E-state index contributed by atoms with van der Waals surface area (Å²) in [6.45, 7) is 6.54. The molecule has 3 aliphatic rings. The van der Waals surface area contributed by atoms with Crippen LogP contribution in [0, 0.1) is 25.7 Å². The van der Waals surface area contributed by atoms with E-state index in [1.807, 2.05) is 24.3 Å². The van der Waals surface area contributed by atoms with Crippen LogP contribution in [0.5, 0.6) is 11.5 Å². The summed E-state index contributed by atoms with van der Waals surface area (Å²) in [7, 11) is -3.42. The van der Waals surface area contributed by atoms with E-state index in [-0.39, 0.29) is 12.5 Å². The van der Waals surface area contributed by atoms with Crippen molar-refractivity contribution in [2.75, 3.05) is 0 Å². The number of rotatable bonds is 4. The molecule has 1 spiro atoms. The van der Waals surface area contributed by atoms with Crippen molar-refractivity contribution < 1.29 is 9.63 Å². The number of hydrogen-bond acceptors (Lipinski definition) is 2. The maximum atomic E-state index is 13.3. The fourth-order valence-electron chi connectivity index (χ4n) is 9.21. The predicted molar refractivity (Wildman–Crippen MR) is 216 cm³/mol. The van der Waals surface area contributed by atoms with Crippen molar-refractivity contribution in [2.45, 2.75) is 32.0 Å². The molecule has 6 aromatic rings. The van der Waals surface area contributed by atoms with E-state index in [4.69, 9.17) is 4.74 Å². The first-order valence-electron chi connectivity index (χ1n) is 17.7. The molecule has 0 bridgehead atoms. The molecule has 0 amide bonds. The third-order valence-electron chi connectivity index (χ3n) is 11.4. The first-order valence-corrected chi connectivity index (χ1v) is 19.7. The molecule has 0 fully saturated rings. The Morgan fingerprint density at radius 3 is 1.94 bits per heavy atom. The summed E-state index contributed by atoms with van der Waals surface area (Å²) in [6, 6.07) is 49.3. The number of para-hydroxylation sites is 2. The van der Waals surface area contributed by atoms with Crippen LogP contribution in [-0.4, -0.2) is 11.6 Å². The third-order valence-corrected chi connectivity index (χ3v) is 15.0. The van der Waals surface area contributed by atoms with Gasteiger partial charge in [-0.15, -0.1) is 0 Å². The van der Waals surface area contributed by atoms with Gasteiger partial charge in [0, 0.05) is 0 Å². The average molecular weight is 677 g/mol. The van der Waals surface area contributed by atoms with Gasteiger partial charge in [0.1, 0.15) is 0 Å². The second-order valence-electron chi connectivity index (χ2n) is 14.1. The van der Waals surface area contributed by atoms with E-state index in [0.29, 0.717) is 0 Å². The van der Waals surface area contributed by atoms with Crippen molar-refractivity contribution in [3.05, 3.63) is 197 Å². The van der Waals surface area contributed by atoms with Crippen LogP contribution in [0.25, 0.3) is 0 Å². The summed E-state index contributed by atoms with van der Waals surface area (Å²) in [4.78, 5) is 13.3. The van der Waals surface area contributed by atoms with E-state index in [1.54, 1.807) is 0 Å². The van der Waals surface area contributed by atoms with Crippen molar-refractivity contribution in [1.29, 1.82) is 0 Å². The van der Waals surface area contributed by atoms with Crippen molar-refractivity contribution in [3.63, 3.8) is 0 Å². The van der Waals surface area contributed by atoms with Crippen LogP contribution in [0.15, 0.2) is 163 Å². The van der Waals surface area contributed by atoms with Gasteiger partial charge < -0.3 is 0 Å². The van der Waals surface area contributed by atoms with Gasteiger partial charge in [0.25, 0.3) is 0 Å². The first-order chi connectivity index (χ1) is 25.0. The summed E-state index contributed by atoms with van der Waals surface area (Å²) in [5, 5.41) is 2.99. The van der Waals surface area contributed by atoms with E-state index < -0.39 is 12.9 Å². The summed E-state index contributed by atoms with van der Waals surface area (Å²) in [5.41, 5.74) is 9.73. The molecule has 1 aliphatic carbocycles. The number of benzene rings is 6. The van der Waals surface area contributed by atoms with Gasteiger partial charge in [0.15, 0.2) is 0 Å². The molecule has 0 aromatic heterocycles. The fourth-order valence-corrected chi connectivity index (χ4v) is 12.8. The Balaban J connectivity index is 1.41. The molecule has 6 aromatic carbocycles. The van der Waals surface area contributed by atoms with E-state index in [9.17, 15) is 4.89 Å². The summed E-state index contributed by atoms with van der Waals surface area (Å²) < 4.78 is 7.21. The summed E-state index contributed by atoms with van der Waals surface area (Å²) in [6.07, 6.45) is 6.19. The quantitative estimate of drug-likeness (QED) is 0.119. The average Bonchev–Trinajstić information content (AvgIpc) is 3.39. The number of ether oxygens (including phenoxy) is 1. The zero-order chi connectivity index (χ0) is 34.7. The van der Waals surface area contributed by atoms with E-state index in [1.165, 1.54) is 22.2 Å². The van der Waals surface area contributed by atoms with Gasteiger partial charge >= 0.3 is 303 Å². The monoisotopic (exact) mass is 676 g/mol. The zero-order valence-electron chi connectivity index (χ0n) is 29.0. The van der Waals surface area contributed by atoms with Crippen molar-refractivity contribution in [3.8, 4) is 23.3 Å². The van der Waals surface area contributed by atoms with Crippen molar-refractivity contribution in [1.82, 2.24) is 0 Å². The normalized spacial score (nSPS) is 19.5. The minimum absolute atomic E-state index is 0.0653. The van der Waals surface area contributed by atoms with Gasteiger partial charge in [0.05, 0.1) is 0 Å². The van der Waals surface area contributed by atoms with Gasteiger partial charge in [-0.1, -0.05) is 0 Å². The Kier molecular flexibility index (Phi) is 7.52. The number of fused-ring (bicyclic) bond motifs is 8. The Morgan fingerprint density at radius 1 is 0.647 bits per heavy atom. The second kappa shape index (κ2) is 12.1. The maximum absolute atomic E-state index is 13.3. The molecule has 0 saturated heterocycles. The van der Waals surface area contributed by atoms with E-state index in [2.05, 4.69) is 166 Å². The molecule has 0 radical (unpaired) electrons. The molecule has 0 saturated carbocycles. The van der Waals surface area contributed by atoms with Crippen molar-refractivity contribution in [2.24, 2.45) is 0 Å².